The zero-order valence-electron chi connectivity index (χ0n) is 14.4. The van der Waals surface area contributed by atoms with Crippen molar-refractivity contribution in [3.05, 3.63) is 0 Å². The van der Waals surface area contributed by atoms with Crippen LogP contribution in [0.25, 0.3) is 0 Å². The summed E-state index contributed by atoms with van der Waals surface area (Å²) in [7, 11) is 0. The molecule has 0 aliphatic carbocycles. The molecule has 0 aromatic rings. The van der Waals surface area contributed by atoms with Crippen LogP contribution in [0.15, 0.2) is 0 Å². The van der Waals surface area contributed by atoms with E-state index in [1.807, 2.05) is 0 Å². The highest BCUT2D eigenvalue weighted by Gasteiger charge is 2.27. The second-order valence-electron chi connectivity index (χ2n) is 6.57. The Morgan fingerprint density at radius 3 is 2.22 bits per heavy atom. The minimum absolute atomic E-state index is 0.255. The lowest BCUT2D eigenvalue weighted by molar-refractivity contribution is -0.143. The molecule has 0 aliphatic rings. The number of nitrogens with zero attached hydrogens (tertiary/aromatic N) is 1. The normalized spacial score (nSPS) is 12.7. The van der Waals surface area contributed by atoms with E-state index >= 15 is 0 Å². The molecule has 0 aliphatic heterocycles. The van der Waals surface area contributed by atoms with Gasteiger partial charge in [-0.1, -0.05) is 13.8 Å². The maximum atomic E-state index is 12.1. The lowest BCUT2D eigenvalue weighted by Gasteiger charge is -2.27. The highest BCUT2D eigenvalue weighted by Crippen LogP contribution is 2.10. The van der Waals surface area contributed by atoms with Gasteiger partial charge in [-0.05, 0) is 33.1 Å². The Morgan fingerprint density at radius 1 is 1.26 bits per heavy atom. The van der Waals surface area contributed by atoms with Gasteiger partial charge in [0.05, 0.1) is 0 Å². The number of carbonyl (C=O) groups is 3. The van der Waals surface area contributed by atoms with Gasteiger partial charge in [0.25, 0.3) is 0 Å². The Hall–Kier alpha value is -1.50. The average Bonchev–Trinajstić information content (AvgIpc) is 2.37. The number of amides is 2. The molecule has 0 saturated carbocycles. The third-order valence-corrected chi connectivity index (χ3v) is 3.06. The van der Waals surface area contributed by atoms with E-state index in [-0.39, 0.29) is 19.0 Å². The van der Waals surface area contributed by atoms with E-state index in [1.165, 1.54) is 4.90 Å². The van der Waals surface area contributed by atoms with Crippen LogP contribution in [0.4, 0.5) is 4.79 Å². The topological polar surface area (TPSA) is 95.9 Å². The lowest BCUT2D eigenvalue weighted by Crippen LogP contribution is -2.49. The molecule has 0 aromatic heterocycles. The number of carboxylic acid groups (broad SMARTS) is 1. The van der Waals surface area contributed by atoms with Gasteiger partial charge < -0.3 is 15.2 Å². The minimum atomic E-state index is -1.11. The molecule has 0 saturated heterocycles. The summed E-state index contributed by atoms with van der Waals surface area (Å²) in [6.07, 6.45) is -0.130. The fourth-order valence-corrected chi connectivity index (χ4v) is 1.84. The molecule has 0 heterocycles. The Balaban J connectivity index is 4.84. The average molecular weight is 351 g/mol. The van der Waals surface area contributed by atoms with Crippen molar-refractivity contribution in [3.8, 4) is 0 Å². The van der Waals surface area contributed by atoms with Crippen molar-refractivity contribution >= 4 is 29.6 Å². The molecular formula is C15H27ClN2O5. The van der Waals surface area contributed by atoms with Crippen molar-refractivity contribution < 1.29 is 24.2 Å². The first kappa shape index (κ1) is 21.5. The molecule has 2 N–H and O–H groups in total. The number of carbonyl (C=O) groups excluding carboxylic acids is 2. The van der Waals surface area contributed by atoms with Gasteiger partial charge in [0, 0.05) is 12.4 Å². The number of hydrogen-bond donors (Lipinski definition) is 2. The maximum Gasteiger partial charge on any atom is 0.410 e. The number of aliphatic carboxylic acids is 1. The molecule has 23 heavy (non-hydrogen) atoms. The fourth-order valence-electron chi connectivity index (χ4n) is 1.72. The molecule has 8 heteroatoms. The number of alkyl halides is 1. The molecule has 0 unspecified atom stereocenters. The summed E-state index contributed by atoms with van der Waals surface area (Å²) in [6, 6.07) is -1.00. The molecule has 0 radical (unpaired) electrons. The molecule has 0 aromatic carbocycles. The lowest BCUT2D eigenvalue weighted by atomic mass is 10.0. The fraction of sp³-hybridized carbons (Fsp3) is 0.800. The second kappa shape index (κ2) is 9.60. The SMILES string of the molecule is CC(C)[C@H](NC(=O)CN(CCCCl)C(=O)OC(C)(C)C)C(=O)O. The van der Waals surface area contributed by atoms with Gasteiger partial charge >= 0.3 is 12.1 Å². The summed E-state index contributed by atoms with van der Waals surface area (Å²) in [5.74, 6) is -1.59. The number of hydrogen-bond acceptors (Lipinski definition) is 4. The first-order valence-corrected chi connectivity index (χ1v) is 8.07. The Labute approximate surface area is 142 Å². The van der Waals surface area contributed by atoms with Crippen molar-refractivity contribution in [1.29, 1.82) is 0 Å². The van der Waals surface area contributed by atoms with Crippen LogP contribution < -0.4 is 5.32 Å². The van der Waals surface area contributed by atoms with E-state index in [9.17, 15) is 14.4 Å². The van der Waals surface area contributed by atoms with Crippen LogP contribution in [0.2, 0.25) is 0 Å². The van der Waals surface area contributed by atoms with Crippen LogP contribution in [-0.2, 0) is 14.3 Å². The molecule has 1 atom stereocenters. The van der Waals surface area contributed by atoms with Crippen molar-refractivity contribution in [2.45, 2.75) is 52.7 Å². The second-order valence-corrected chi connectivity index (χ2v) is 6.95. The summed E-state index contributed by atoms with van der Waals surface area (Å²) in [5.41, 5.74) is -0.686. The van der Waals surface area contributed by atoms with Crippen LogP contribution in [-0.4, -0.2) is 58.6 Å². The van der Waals surface area contributed by atoms with E-state index in [2.05, 4.69) is 5.32 Å². The molecule has 0 fully saturated rings. The van der Waals surface area contributed by atoms with Gasteiger partial charge in [0.2, 0.25) is 5.91 Å². The molecule has 7 nitrogen and oxygen atoms in total. The van der Waals surface area contributed by atoms with E-state index in [0.717, 1.165) is 0 Å². The van der Waals surface area contributed by atoms with Gasteiger partial charge in [-0.25, -0.2) is 9.59 Å². The Kier molecular flexibility index (Phi) is 8.97. The van der Waals surface area contributed by atoms with Crippen LogP contribution in [0, 0.1) is 5.92 Å². The first-order valence-electron chi connectivity index (χ1n) is 7.54. The van der Waals surface area contributed by atoms with Gasteiger partial charge in [-0.3, -0.25) is 9.69 Å². The smallest absolute Gasteiger partial charge is 0.410 e. The number of nitrogens with one attached hydrogen (secondary N) is 1. The standard InChI is InChI=1S/C15H27ClN2O5/c1-10(2)12(13(20)21)17-11(19)9-18(8-6-7-16)14(22)23-15(3,4)5/h10,12H,6-9H2,1-5H3,(H,17,19)(H,20,21)/t12-/m0/s1. The van der Waals surface area contributed by atoms with Crippen molar-refractivity contribution in [1.82, 2.24) is 10.2 Å². The zero-order chi connectivity index (χ0) is 18.2. The van der Waals surface area contributed by atoms with E-state index in [1.54, 1.807) is 34.6 Å². The maximum absolute atomic E-state index is 12.1. The van der Waals surface area contributed by atoms with E-state index < -0.39 is 29.6 Å². The molecule has 0 rings (SSSR count). The molecule has 0 spiro atoms. The monoisotopic (exact) mass is 350 g/mol. The third kappa shape index (κ3) is 9.28. The summed E-state index contributed by atoms with van der Waals surface area (Å²) in [5, 5.41) is 11.5. The molecule has 0 bridgehead atoms. The van der Waals surface area contributed by atoms with Crippen LogP contribution in [0.3, 0.4) is 0 Å². The van der Waals surface area contributed by atoms with Crippen molar-refractivity contribution in [3.63, 3.8) is 0 Å². The predicted octanol–water partition coefficient (Wildman–Crippen LogP) is 2.08. The summed E-state index contributed by atoms with van der Waals surface area (Å²) in [6.45, 7) is 8.54. The van der Waals surface area contributed by atoms with Crippen LogP contribution >= 0.6 is 11.6 Å². The predicted molar refractivity (Wildman–Crippen MR) is 87.5 cm³/mol. The Bertz CT molecular complexity index is 421. The third-order valence-electron chi connectivity index (χ3n) is 2.80. The molecule has 134 valence electrons. The van der Waals surface area contributed by atoms with E-state index in [4.69, 9.17) is 21.4 Å². The van der Waals surface area contributed by atoms with Crippen molar-refractivity contribution in [2.24, 2.45) is 5.92 Å². The number of rotatable bonds is 8. The highest BCUT2D eigenvalue weighted by molar-refractivity contribution is 6.17. The number of carboxylic acids is 1. The number of halogens is 1. The summed E-state index contributed by atoms with van der Waals surface area (Å²) < 4.78 is 5.25. The Morgan fingerprint density at radius 2 is 1.83 bits per heavy atom. The summed E-state index contributed by atoms with van der Waals surface area (Å²) >= 11 is 5.63. The van der Waals surface area contributed by atoms with Gasteiger partial charge in [-0.2, -0.15) is 0 Å². The van der Waals surface area contributed by atoms with Gasteiger partial charge in [0.1, 0.15) is 18.2 Å². The molecular weight excluding hydrogens is 324 g/mol. The first-order chi connectivity index (χ1) is 10.5. The van der Waals surface area contributed by atoms with Crippen molar-refractivity contribution in [2.75, 3.05) is 19.0 Å². The quantitative estimate of drug-likeness (QED) is 0.653. The minimum Gasteiger partial charge on any atom is -0.480 e. The molecule has 2 amide bonds. The largest absolute Gasteiger partial charge is 0.480 e. The number of ether oxygens (including phenoxy) is 1. The van der Waals surface area contributed by atoms with Gasteiger partial charge in [-0.15, -0.1) is 11.6 Å². The zero-order valence-corrected chi connectivity index (χ0v) is 15.1. The van der Waals surface area contributed by atoms with Crippen LogP contribution in [0.1, 0.15) is 41.0 Å². The summed E-state index contributed by atoms with van der Waals surface area (Å²) in [4.78, 5) is 36.5. The van der Waals surface area contributed by atoms with E-state index in [0.29, 0.717) is 12.3 Å². The van der Waals surface area contributed by atoms with Crippen LogP contribution in [0.5, 0.6) is 0 Å². The van der Waals surface area contributed by atoms with Gasteiger partial charge in [0.15, 0.2) is 0 Å². The highest BCUT2D eigenvalue weighted by atomic mass is 35.5.